The Labute approximate surface area is 163 Å². The van der Waals surface area contributed by atoms with Crippen molar-refractivity contribution in [2.75, 3.05) is 18.4 Å². The minimum atomic E-state index is -0.730. The van der Waals surface area contributed by atoms with Gasteiger partial charge in [0.2, 0.25) is 5.91 Å². The zero-order valence-corrected chi connectivity index (χ0v) is 16.1. The Balaban J connectivity index is 1.64. The maximum atomic E-state index is 13.1. The van der Waals surface area contributed by atoms with Gasteiger partial charge in [0.15, 0.2) is 0 Å². The van der Waals surface area contributed by atoms with Crippen molar-refractivity contribution >= 4 is 17.5 Å². The second-order valence-corrected chi connectivity index (χ2v) is 8.11. The van der Waals surface area contributed by atoms with Crippen LogP contribution in [0.4, 0.5) is 5.69 Å². The average Bonchev–Trinajstić information content (AvgIpc) is 2.92. The van der Waals surface area contributed by atoms with Crippen molar-refractivity contribution in [3.8, 4) is 0 Å². The molecule has 1 fully saturated rings. The third-order valence-corrected chi connectivity index (χ3v) is 5.55. The molecular formula is C21H24N4O3. The lowest BCUT2D eigenvalue weighted by atomic mass is 9.75. The van der Waals surface area contributed by atoms with Crippen LogP contribution in [-0.2, 0) is 16.6 Å². The molecule has 2 N–H and O–H groups in total. The van der Waals surface area contributed by atoms with Gasteiger partial charge in [-0.3, -0.25) is 9.59 Å². The van der Waals surface area contributed by atoms with Crippen LogP contribution in [0.2, 0.25) is 0 Å². The molecule has 0 aliphatic carbocycles. The standard InChI is InChI=1S/C21H24N4O3/c1-13(2)10-14-11-17(24-20(28)22-14)18(26)25-9-5-8-21(12-25)15-6-3-4-7-16(15)23-19(21)27/h3-4,6-7,11,13H,5,8-10,12H2,1-2H3,(H,23,27)(H,22,24,28). The fraction of sp³-hybridized carbons (Fsp3) is 0.429. The number of amides is 2. The number of hydrogen-bond acceptors (Lipinski definition) is 4. The fourth-order valence-electron chi connectivity index (χ4n) is 4.34. The predicted molar refractivity (Wildman–Crippen MR) is 105 cm³/mol. The van der Waals surface area contributed by atoms with Gasteiger partial charge in [-0.2, -0.15) is 4.98 Å². The largest absolute Gasteiger partial charge is 0.345 e. The Morgan fingerprint density at radius 3 is 2.86 bits per heavy atom. The minimum Gasteiger partial charge on any atom is -0.336 e. The number of benzene rings is 1. The highest BCUT2D eigenvalue weighted by molar-refractivity contribution is 6.07. The normalized spacial score (nSPS) is 21.1. The van der Waals surface area contributed by atoms with E-state index in [0.29, 0.717) is 37.5 Å². The first-order chi connectivity index (χ1) is 13.4. The second kappa shape index (κ2) is 6.89. The summed E-state index contributed by atoms with van der Waals surface area (Å²) in [5, 5.41) is 2.95. The van der Waals surface area contributed by atoms with E-state index in [1.807, 2.05) is 38.1 Å². The molecule has 28 heavy (non-hydrogen) atoms. The monoisotopic (exact) mass is 380 g/mol. The lowest BCUT2D eigenvalue weighted by molar-refractivity contribution is -0.122. The number of nitrogens with one attached hydrogen (secondary N) is 2. The second-order valence-electron chi connectivity index (χ2n) is 8.11. The van der Waals surface area contributed by atoms with Crippen molar-refractivity contribution in [2.45, 2.75) is 38.5 Å². The molecule has 4 rings (SSSR count). The first kappa shape index (κ1) is 18.4. The maximum Gasteiger partial charge on any atom is 0.345 e. The Bertz CT molecular complexity index is 997. The van der Waals surface area contributed by atoms with Crippen LogP contribution in [0, 0.1) is 5.92 Å². The first-order valence-corrected chi connectivity index (χ1v) is 9.69. The Morgan fingerprint density at radius 1 is 1.29 bits per heavy atom. The summed E-state index contributed by atoms with van der Waals surface area (Å²) in [7, 11) is 0. The zero-order chi connectivity index (χ0) is 19.9. The number of fused-ring (bicyclic) bond motifs is 2. The van der Waals surface area contributed by atoms with E-state index >= 15 is 0 Å². The summed E-state index contributed by atoms with van der Waals surface area (Å²) in [4.78, 5) is 46.1. The van der Waals surface area contributed by atoms with E-state index in [9.17, 15) is 14.4 Å². The molecule has 2 aliphatic heterocycles. The molecule has 2 aromatic rings. The number of hydrogen-bond donors (Lipinski definition) is 2. The molecule has 1 saturated heterocycles. The average molecular weight is 380 g/mol. The molecule has 146 valence electrons. The van der Waals surface area contributed by atoms with Crippen molar-refractivity contribution in [1.82, 2.24) is 14.9 Å². The highest BCUT2D eigenvalue weighted by Gasteiger charge is 2.50. The molecule has 1 atom stereocenters. The van der Waals surface area contributed by atoms with Gasteiger partial charge in [0.1, 0.15) is 5.69 Å². The zero-order valence-electron chi connectivity index (χ0n) is 16.1. The van der Waals surface area contributed by atoms with Gasteiger partial charge in [-0.25, -0.2) is 4.79 Å². The van der Waals surface area contributed by atoms with Crippen LogP contribution in [0.25, 0.3) is 0 Å². The highest BCUT2D eigenvalue weighted by atomic mass is 16.2. The van der Waals surface area contributed by atoms with Crippen LogP contribution < -0.4 is 11.0 Å². The van der Waals surface area contributed by atoms with Crippen molar-refractivity contribution < 1.29 is 9.59 Å². The highest BCUT2D eigenvalue weighted by Crippen LogP contribution is 2.43. The van der Waals surface area contributed by atoms with Gasteiger partial charge in [0, 0.05) is 24.5 Å². The topological polar surface area (TPSA) is 95.2 Å². The van der Waals surface area contributed by atoms with E-state index in [2.05, 4.69) is 15.3 Å². The molecule has 3 heterocycles. The van der Waals surface area contributed by atoms with Gasteiger partial charge in [0.05, 0.1) is 5.41 Å². The number of H-pyrrole nitrogens is 1. The number of aromatic amines is 1. The maximum absolute atomic E-state index is 13.1. The third-order valence-electron chi connectivity index (χ3n) is 5.55. The third kappa shape index (κ3) is 3.10. The molecule has 7 nitrogen and oxygen atoms in total. The molecule has 1 unspecified atom stereocenters. The van der Waals surface area contributed by atoms with Gasteiger partial charge in [-0.15, -0.1) is 0 Å². The number of carbonyl (C=O) groups is 2. The minimum absolute atomic E-state index is 0.0643. The summed E-state index contributed by atoms with van der Waals surface area (Å²) < 4.78 is 0. The van der Waals surface area contributed by atoms with Crippen molar-refractivity contribution in [2.24, 2.45) is 5.92 Å². The smallest absolute Gasteiger partial charge is 0.336 e. The number of para-hydroxylation sites is 1. The van der Waals surface area contributed by atoms with E-state index < -0.39 is 11.1 Å². The van der Waals surface area contributed by atoms with Crippen LogP contribution >= 0.6 is 0 Å². The number of carbonyl (C=O) groups excluding carboxylic acids is 2. The molecule has 0 bridgehead atoms. The quantitative estimate of drug-likeness (QED) is 0.852. The van der Waals surface area contributed by atoms with Gasteiger partial charge >= 0.3 is 5.69 Å². The number of anilines is 1. The summed E-state index contributed by atoms with van der Waals surface area (Å²) in [6, 6.07) is 9.30. The van der Waals surface area contributed by atoms with Crippen LogP contribution in [0.1, 0.15) is 48.4 Å². The van der Waals surface area contributed by atoms with Crippen LogP contribution in [0.15, 0.2) is 35.1 Å². The van der Waals surface area contributed by atoms with Gasteiger partial charge in [0.25, 0.3) is 5.91 Å². The Kier molecular flexibility index (Phi) is 4.53. The van der Waals surface area contributed by atoms with Crippen molar-refractivity contribution in [3.05, 3.63) is 57.8 Å². The lowest BCUT2D eigenvalue weighted by Crippen LogP contribution is -2.52. The summed E-state index contributed by atoms with van der Waals surface area (Å²) in [5.74, 6) is -0.0177. The molecule has 1 spiro atoms. The molecule has 2 amide bonds. The molecule has 2 aliphatic rings. The summed E-state index contributed by atoms with van der Waals surface area (Å²) in [6.45, 7) is 4.93. The fourth-order valence-corrected chi connectivity index (χ4v) is 4.34. The van der Waals surface area contributed by atoms with E-state index in [1.54, 1.807) is 11.0 Å². The van der Waals surface area contributed by atoms with Crippen LogP contribution in [0.5, 0.6) is 0 Å². The lowest BCUT2D eigenvalue weighted by Gasteiger charge is -2.38. The van der Waals surface area contributed by atoms with E-state index in [0.717, 1.165) is 17.7 Å². The first-order valence-electron chi connectivity index (χ1n) is 9.69. The SMILES string of the molecule is CC(C)Cc1cc(C(=O)N2CCCC3(C2)C(=O)Nc2ccccc23)nc(=O)[nH]1. The molecular weight excluding hydrogens is 356 g/mol. The Morgan fingerprint density at radius 2 is 2.07 bits per heavy atom. The van der Waals surface area contributed by atoms with E-state index in [-0.39, 0.29) is 17.5 Å². The summed E-state index contributed by atoms with van der Waals surface area (Å²) in [5.41, 5.74) is 1.36. The van der Waals surface area contributed by atoms with E-state index in [4.69, 9.17) is 0 Å². The summed E-state index contributed by atoms with van der Waals surface area (Å²) in [6.07, 6.45) is 2.08. The predicted octanol–water partition coefficient (Wildman–Crippen LogP) is 2.09. The molecule has 0 radical (unpaired) electrons. The number of aromatic nitrogens is 2. The number of likely N-dealkylation sites (tertiary alicyclic amines) is 1. The van der Waals surface area contributed by atoms with Gasteiger partial charge in [-0.05, 0) is 42.9 Å². The molecule has 0 saturated carbocycles. The van der Waals surface area contributed by atoms with Crippen LogP contribution in [-0.4, -0.2) is 39.8 Å². The molecule has 1 aromatic heterocycles. The van der Waals surface area contributed by atoms with Crippen LogP contribution in [0.3, 0.4) is 0 Å². The number of rotatable bonds is 3. The number of piperidine rings is 1. The number of nitrogens with zero attached hydrogens (tertiary/aromatic N) is 2. The van der Waals surface area contributed by atoms with Gasteiger partial charge < -0.3 is 15.2 Å². The molecule has 1 aromatic carbocycles. The Hall–Kier alpha value is -2.96. The molecule has 7 heteroatoms. The van der Waals surface area contributed by atoms with E-state index in [1.165, 1.54) is 0 Å². The van der Waals surface area contributed by atoms with Crippen molar-refractivity contribution in [3.63, 3.8) is 0 Å². The van der Waals surface area contributed by atoms with Gasteiger partial charge in [-0.1, -0.05) is 32.0 Å². The summed E-state index contributed by atoms with van der Waals surface area (Å²) >= 11 is 0. The van der Waals surface area contributed by atoms with Crippen molar-refractivity contribution in [1.29, 1.82) is 0 Å².